The van der Waals surface area contributed by atoms with Crippen LogP contribution in [-0.4, -0.2) is 58.1 Å². The Morgan fingerprint density at radius 3 is 2.63 bits per heavy atom. The zero-order valence-corrected chi connectivity index (χ0v) is 15.6. The van der Waals surface area contributed by atoms with Gasteiger partial charge < -0.3 is 20.1 Å². The van der Waals surface area contributed by atoms with Crippen LogP contribution >= 0.6 is 0 Å². The second-order valence-electron chi connectivity index (χ2n) is 7.47. The van der Waals surface area contributed by atoms with E-state index >= 15 is 0 Å². The highest BCUT2D eigenvalue weighted by Gasteiger charge is 2.46. The van der Waals surface area contributed by atoms with E-state index in [0.29, 0.717) is 18.7 Å². The van der Waals surface area contributed by atoms with Crippen LogP contribution in [0.25, 0.3) is 0 Å². The number of carbonyl (C=O) groups excluding carboxylic acids is 3. The van der Waals surface area contributed by atoms with Gasteiger partial charge in [-0.05, 0) is 38.2 Å². The largest absolute Gasteiger partial charge is 0.481 e. The van der Waals surface area contributed by atoms with Crippen LogP contribution < -0.4 is 15.4 Å². The predicted octanol–water partition coefficient (Wildman–Crippen LogP) is 0.349. The summed E-state index contributed by atoms with van der Waals surface area (Å²) in [7, 11) is 1.52. The first-order valence-corrected chi connectivity index (χ1v) is 8.82. The topological polar surface area (TPSA) is 121 Å². The molecule has 0 bridgehead atoms. The maximum absolute atomic E-state index is 12.6. The molecule has 1 atom stereocenters. The minimum Gasteiger partial charge on any atom is -0.481 e. The van der Waals surface area contributed by atoms with E-state index in [0.717, 1.165) is 5.56 Å². The summed E-state index contributed by atoms with van der Waals surface area (Å²) >= 11 is 0. The Balaban J connectivity index is 1.72. The van der Waals surface area contributed by atoms with E-state index in [9.17, 15) is 19.5 Å². The van der Waals surface area contributed by atoms with Gasteiger partial charge in [0.2, 0.25) is 11.8 Å². The lowest BCUT2D eigenvalue weighted by Gasteiger charge is -2.38. The lowest BCUT2D eigenvalue weighted by Crippen LogP contribution is -2.50. The summed E-state index contributed by atoms with van der Waals surface area (Å²) in [6.07, 6.45) is 2.41. The summed E-state index contributed by atoms with van der Waals surface area (Å²) < 4.78 is 5.06. The number of carbonyl (C=O) groups is 3. The van der Waals surface area contributed by atoms with Crippen LogP contribution in [0.2, 0.25) is 0 Å². The summed E-state index contributed by atoms with van der Waals surface area (Å²) in [4.78, 5) is 41.8. The van der Waals surface area contributed by atoms with Crippen molar-refractivity contribution >= 4 is 17.8 Å². The van der Waals surface area contributed by atoms with Gasteiger partial charge in [0.05, 0.1) is 19.3 Å². The number of aromatic nitrogens is 1. The number of rotatable bonds is 6. The molecule has 9 heteroatoms. The summed E-state index contributed by atoms with van der Waals surface area (Å²) in [5, 5.41) is 14.8. The summed E-state index contributed by atoms with van der Waals surface area (Å²) in [5.41, 5.74) is -0.291. The fourth-order valence-corrected chi connectivity index (χ4v) is 3.40. The van der Waals surface area contributed by atoms with Crippen molar-refractivity contribution in [2.24, 2.45) is 5.92 Å². The van der Waals surface area contributed by atoms with Gasteiger partial charge in [0.1, 0.15) is 12.1 Å². The van der Waals surface area contributed by atoms with E-state index in [2.05, 4.69) is 15.6 Å². The third-order valence-electron chi connectivity index (χ3n) is 5.26. The van der Waals surface area contributed by atoms with Gasteiger partial charge in [0, 0.05) is 12.3 Å². The Kier molecular flexibility index (Phi) is 5.05. The lowest BCUT2D eigenvalue weighted by atomic mass is 9.75. The van der Waals surface area contributed by atoms with Gasteiger partial charge in [-0.25, -0.2) is 9.78 Å². The number of urea groups is 1. The number of hydrogen-bond donors (Lipinski definition) is 3. The molecule has 0 radical (unpaired) electrons. The lowest BCUT2D eigenvalue weighted by molar-refractivity contribution is -0.127. The molecule has 1 saturated heterocycles. The molecular formula is C18H24N4O5. The van der Waals surface area contributed by atoms with E-state index in [1.807, 2.05) is 6.07 Å². The molecule has 0 spiro atoms. The van der Waals surface area contributed by atoms with Crippen LogP contribution in [0.5, 0.6) is 5.88 Å². The van der Waals surface area contributed by atoms with Crippen LogP contribution in [0.1, 0.15) is 38.3 Å². The monoisotopic (exact) mass is 376 g/mol. The molecule has 3 rings (SSSR count). The van der Waals surface area contributed by atoms with Crippen molar-refractivity contribution in [3.05, 3.63) is 23.9 Å². The van der Waals surface area contributed by atoms with Gasteiger partial charge in [-0.3, -0.25) is 14.9 Å². The van der Waals surface area contributed by atoms with Gasteiger partial charge in [-0.2, -0.15) is 0 Å². The quantitative estimate of drug-likeness (QED) is 0.616. The van der Waals surface area contributed by atoms with Gasteiger partial charge in [-0.1, -0.05) is 6.07 Å². The molecule has 9 nitrogen and oxygen atoms in total. The van der Waals surface area contributed by atoms with Crippen molar-refractivity contribution in [3.8, 4) is 5.88 Å². The highest BCUT2D eigenvalue weighted by Crippen LogP contribution is 2.38. The van der Waals surface area contributed by atoms with Crippen molar-refractivity contribution in [1.82, 2.24) is 20.5 Å². The Hall–Kier alpha value is -2.68. The number of methoxy groups -OCH3 is 1. The third-order valence-corrected chi connectivity index (χ3v) is 5.26. The van der Waals surface area contributed by atoms with E-state index in [1.54, 1.807) is 26.1 Å². The van der Waals surface area contributed by atoms with Crippen molar-refractivity contribution < 1.29 is 24.2 Å². The number of pyridine rings is 1. The first-order chi connectivity index (χ1) is 12.7. The zero-order valence-electron chi connectivity index (χ0n) is 15.6. The predicted molar refractivity (Wildman–Crippen MR) is 94.7 cm³/mol. The molecule has 1 aliphatic heterocycles. The van der Waals surface area contributed by atoms with Gasteiger partial charge >= 0.3 is 6.03 Å². The minimum absolute atomic E-state index is 0.0705. The molecular weight excluding hydrogens is 352 g/mol. The normalized spacial score (nSPS) is 24.8. The molecule has 2 fully saturated rings. The maximum atomic E-state index is 12.6. The Bertz CT molecular complexity index is 743. The fraction of sp³-hybridized carbons (Fsp3) is 0.556. The first kappa shape index (κ1) is 19.1. The van der Waals surface area contributed by atoms with E-state index < -0.39 is 17.5 Å². The maximum Gasteiger partial charge on any atom is 0.325 e. The van der Waals surface area contributed by atoms with Gasteiger partial charge in [0.25, 0.3) is 5.91 Å². The van der Waals surface area contributed by atoms with Gasteiger partial charge in [0.15, 0.2) is 0 Å². The number of aliphatic hydroxyl groups is 1. The smallest absolute Gasteiger partial charge is 0.325 e. The standard InChI is InChI=1S/C18H24N4O5/c1-18(2)16(25)21-17(26)22(18)9-13(24)20-15(11-6-12(23)7-11)10-4-5-14(27-3)19-8-10/h4-5,8,11-12,15,23H,6-7,9H2,1-3H3,(H,20,24)(H,21,25,26)/t11?,12?,15-/m1/s1. The summed E-state index contributed by atoms with van der Waals surface area (Å²) in [6, 6.07) is 2.60. The van der Waals surface area contributed by atoms with E-state index in [-0.39, 0.29) is 30.5 Å². The number of aliphatic hydroxyl groups excluding tert-OH is 1. The highest BCUT2D eigenvalue weighted by molar-refractivity contribution is 6.07. The number of nitrogens with zero attached hydrogens (tertiary/aromatic N) is 2. The molecule has 3 N–H and O–H groups in total. The number of amides is 4. The molecule has 0 unspecified atom stereocenters. The number of nitrogens with one attached hydrogen (secondary N) is 2. The van der Waals surface area contributed by atoms with E-state index in [1.165, 1.54) is 12.0 Å². The third kappa shape index (κ3) is 3.73. The average Bonchev–Trinajstić information content (AvgIpc) is 2.79. The Labute approximate surface area is 157 Å². The molecule has 2 aliphatic rings. The molecule has 2 heterocycles. The zero-order chi connectivity index (χ0) is 19.8. The highest BCUT2D eigenvalue weighted by atomic mass is 16.5. The summed E-state index contributed by atoms with van der Waals surface area (Å²) in [6.45, 7) is 2.95. The molecule has 146 valence electrons. The summed E-state index contributed by atoms with van der Waals surface area (Å²) in [5.74, 6) is -0.277. The molecule has 0 aromatic carbocycles. The molecule has 27 heavy (non-hydrogen) atoms. The van der Waals surface area contributed by atoms with Crippen molar-refractivity contribution in [1.29, 1.82) is 0 Å². The second kappa shape index (κ2) is 7.15. The fourth-order valence-electron chi connectivity index (χ4n) is 3.40. The minimum atomic E-state index is -1.09. The number of hydrogen-bond acceptors (Lipinski definition) is 6. The Morgan fingerprint density at radius 1 is 1.44 bits per heavy atom. The molecule has 1 aromatic rings. The molecule has 1 aliphatic carbocycles. The number of imide groups is 1. The van der Waals surface area contributed by atoms with Crippen LogP contribution in [0, 0.1) is 5.92 Å². The average molecular weight is 376 g/mol. The Morgan fingerprint density at radius 2 is 2.15 bits per heavy atom. The molecule has 4 amide bonds. The number of ether oxygens (including phenoxy) is 1. The van der Waals surface area contributed by atoms with Crippen LogP contribution in [0.15, 0.2) is 18.3 Å². The first-order valence-electron chi connectivity index (χ1n) is 8.82. The van der Waals surface area contributed by atoms with Crippen LogP contribution in [0.4, 0.5) is 4.79 Å². The van der Waals surface area contributed by atoms with Crippen molar-refractivity contribution in [3.63, 3.8) is 0 Å². The van der Waals surface area contributed by atoms with Crippen LogP contribution in [-0.2, 0) is 9.59 Å². The van der Waals surface area contributed by atoms with Crippen LogP contribution in [0.3, 0.4) is 0 Å². The van der Waals surface area contributed by atoms with Gasteiger partial charge in [-0.15, -0.1) is 0 Å². The second-order valence-corrected chi connectivity index (χ2v) is 7.47. The van der Waals surface area contributed by atoms with Crippen molar-refractivity contribution in [2.75, 3.05) is 13.7 Å². The van der Waals surface area contributed by atoms with E-state index in [4.69, 9.17) is 4.74 Å². The molecule has 1 saturated carbocycles. The van der Waals surface area contributed by atoms with Crippen molar-refractivity contribution in [2.45, 2.75) is 44.4 Å². The SMILES string of the molecule is COc1ccc([C@@H](NC(=O)CN2C(=O)NC(=O)C2(C)C)C2CC(O)C2)cn1. The molecule has 1 aromatic heterocycles.